The van der Waals surface area contributed by atoms with Gasteiger partial charge in [-0.05, 0) is 50.5 Å². The molecule has 0 aliphatic rings. The van der Waals surface area contributed by atoms with Crippen LogP contribution in [0.4, 0.5) is 0 Å². The van der Waals surface area contributed by atoms with Gasteiger partial charge in [-0.1, -0.05) is 61.6 Å². The minimum absolute atomic E-state index is 0.0436. The molecule has 1 aromatic heterocycles. The number of benzene rings is 1. The molecule has 0 fully saturated rings. The third kappa shape index (κ3) is 6.68. The van der Waals surface area contributed by atoms with Gasteiger partial charge < -0.3 is 5.32 Å². The molecule has 0 aliphatic heterocycles. The summed E-state index contributed by atoms with van der Waals surface area (Å²) in [5, 5.41) is 3.10. The predicted molar refractivity (Wildman–Crippen MR) is 122 cm³/mol. The first-order valence-corrected chi connectivity index (χ1v) is 9.88. The van der Waals surface area contributed by atoms with Crippen LogP contribution < -0.4 is 5.32 Å². The molecule has 1 atom stereocenters. The molecule has 1 N–H and O–H groups in total. The first kappa shape index (κ1) is 22.0. The highest BCUT2D eigenvalue weighted by Crippen LogP contribution is 2.21. The van der Waals surface area contributed by atoms with Crippen LogP contribution in [0.25, 0.3) is 5.70 Å². The summed E-state index contributed by atoms with van der Waals surface area (Å²) in [4.78, 5) is 21.6. The lowest BCUT2D eigenvalue weighted by atomic mass is 10.0. The van der Waals surface area contributed by atoms with Crippen LogP contribution in [0.2, 0.25) is 0 Å². The molecule has 0 saturated carbocycles. The molecule has 4 heteroatoms. The molecule has 150 valence electrons. The lowest BCUT2D eigenvalue weighted by Gasteiger charge is -2.17. The average Bonchev–Trinajstić information content (AvgIpc) is 2.76. The van der Waals surface area contributed by atoms with Crippen LogP contribution in [0, 0.1) is 0 Å². The SMILES string of the molecule is C\C=C/C=C\C(C)=C(\N=C(C)C(=O)NC(CC)c1ccccc1)c1ccncc1. The van der Waals surface area contributed by atoms with Crippen molar-refractivity contribution < 1.29 is 4.79 Å². The number of hydrogen-bond acceptors (Lipinski definition) is 3. The van der Waals surface area contributed by atoms with Crippen LogP contribution in [0.3, 0.4) is 0 Å². The third-order valence-corrected chi connectivity index (χ3v) is 4.50. The van der Waals surface area contributed by atoms with Gasteiger partial charge in [-0.2, -0.15) is 0 Å². The summed E-state index contributed by atoms with van der Waals surface area (Å²) in [6.45, 7) is 7.76. The second-order valence-electron chi connectivity index (χ2n) is 6.69. The van der Waals surface area contributed by atoms with Crippen molar-refractivity contribution in [1.29, 1.82) is 0 Å². The van der Waals surface area contributed by atoms with Crippen molar-refractivity contribution in [2.45, 2.75) is 40.2 Å². The Morgan fingerprint density at radius 1 is 1.10 bits per heavy atom. The second-order valence-corrected chi connectivity index (χ2v) is 6.69. The highest BCUT2D eigenvalue weighted by atomic mass is 16.1. The van der Waals surface area contributed by atoms with Gasteiger partial charge in [0.1, 0.15) is 5.71 Å². The zero-order chi connectivity index (χ0) is 21.1. The van der Waals surface area contributed by atoms with Gasteiger partial charge >= 0.3 is 0 Å². The Labute approximate surface area is 173 Å². The number of pyridine rings is 1. The van der Waals surface area contributed by atoms with Crippen molar-refractivity contribution in [2.24, 2.45) is 4.99 Å². The molecule has 0 aliphatic carbocycles. The minimum Gasteiger partial charge on any atom is -0.344 e. The summed E-state index contributed by atoms with van der Waals surface area (Å²) < 4.78 is 0. The number of nitrogens with one attached hydrogen (secondary N) is 1. The van der Waals surface area contributed by atoms with Gasteiger partial charge in [0.25, 0.3) is 5.91 Å². The van der Waals surface area contributed by atoms with E-state index in [1.807, 2.05) is 80.6 Å². The number of aliphatic imine (C=N–C) groups is 1. The molecule has 2 aromatic rings. The number of hydrogen-bond donors (Lipinski definition) is 1. The Balaban J connectivity index is 2.32. The van der Waals surface area contributed by atoms with Gasteiger partial charge in [0.2, 0.25) is 0 Å². The van der Waals surface area contributed by atoms with Crippen molar-refractivity contribution in [3.8, 4) is 0 Å². The van der Waals surface area contributed by atoms with Gasteiger partial charge in [0.15, 0.2) is 0 Å². The smallest absolute Gasteiger partial charge is 0.265 e. The average molecular weight is 388 g/mol. The van der Waals surface area contributed by atoms with E-state index < -0.39 is 0 Å². The Bertz CT molecular complexity index is 910. The van der Waals surface area contributed by atoms with Crippen molar-refractivity contribution in [2.75, 3.05) is 0 Å². The molecule has 0 radical (unpaired) electrons. The summed E-state index contributed by atoms with van der Waals surface area (Å²) in [5.41, 5.74) is 4.16. The number of allylic oxidation sites excluding steroid dienone is 5. The number of aromatic nitrogens is 1. The normalized spacial score (nSPS) is 14.1. The summed E-state index contributed by atoms with van der Waals surface area (Å²) in [6.07, 6.45) is 12.1. The number of carbonyl (C=O) groups is 1. The number of rotatable bonds is 8. The zero-order valence-electron chi connectivity index (χ0n) is 17.6. The van der Waals surface area contributed by atoms with Crippen LogP contribution in [-0.4, -0.2) is 16.6 Å². The molecule has 1 heterocycles. The maximum atomic E-state index is 12.8. The fraction of sp³-hybridized carbons (Fsp3) is 0.240. The first-order chi connectivity index (χ1) is 14.1. The summed E-state index contributed by atoms with van der Waals surface area (Å²) in [5.74, 6) is -0.169. The van der Waals surface area contributed by atoms with E-state index in [1.165, 1.54) is 0 Å². The van der Waals surface area contributed by atoms with Crippen LogP contribution in [-0.2, 0) is 4.79 Å². The van der Waals surface area contributed by atoms with Gasteiger partial charge in [-0.15, -0.1) is 0 Å². The van der Waals surface area contributed by atoms with Crippen LogP contribution in [0.1, 0.15) is 51.3 Å². The molecule has 1 amide bonds. The Morgan fingerprint density at radius 2 is 1.79 bits per heavy atom. The van der Waals surface area contributed by atoms with Gasteiger partial charge in [-0.25, -0.2) is 4.99 Å². The Hall–Kier alpha value is -3.27. The van der Waals surface area contributed by atoms with Crippen molar-refractivity contribution in [3.63, 3.8) is 0 Å². The molecular formula is C25H29N3O. The second kappa shape index (κ2) is 11.5. The maximum absolute atomic E-state index is 12.8. The Kier molecular flexibility index (Phi) is 8.77. The lowest BCUT2D eigenvalue weighted by molar-refractivity contribution is -0.115. The third-order valence-electron chi connectivity index (χ3n) is 4.50. The number of amides is 1. The first-order valence-electron chi connectivity index (χ1n) is 9.88. The molecule has 1 aromatic carbocycles. The maximum Gasteiger partial charge on any atom is 0.265 e. The predicted octanol–water partition coefficient (Wildman–Crippen LogP) is 5.67. The quantitative estimate of drug-likeness (QED) is 0.468. The van der Waals surface area contributed by atoms with Crippen LogP contribution in [0.15, 0.2) is 89.7 Å². The van der Waals surface area contributed by atoms with Crippen LogP contribution in [0.5, 0.6) is 0 Å². The highest BCUT2D eigenvalue weighted by molar-refractivity contribution is 6.38. The summed E-state index contributed by atoms with van der Waals surface area (Å²) >= 11 is 0. The van der Waals surface area contributed by atoms with E-state index in [1.54, 1.807) is 19.3 Å². The summed E-state index contributed by atoms with van der Waals surface area (Å²) in [6, 6.07) is 13.7. The van der Waals surface area contributed by atoms with Gasteiger partial charge in [-0.3, -0.25) is 9.78 Å². The molecule has 29 heavy (non-hydrogen) atoms. The molecule has 0 spiro atoms. The van der Waals surface area contributed by atoms with E-state index in [9.17, 15) is 4.79 Å². The minimum atomic E-state index is -0.169. The standard InChI is InChI=1S/C25H29N3O/c1-5-7-9-12-19(3)24(22-15-17-26-18-16-22)27-20(4)25(29)28-23(6-2)21-13-10-8-11-14-21/h5,7-18,23H,6H2,1-4H3,(H,28,29)/b7-5-,12-9-,24-19+,27-20?. The summed E-state index contributed by atoms with van der Waals surface area (Å²) in [7, 11) is 0. The van der Waals surface area contributed by atoms with Gasteiger partial charge in [0, 0.05) is 18.0 Å². The van der Waals surface area contributed by atoms with E-state index in [-0.39, 0.29) is 11.9 Å². The largest absolute Gasteiger partial charge is 0.344 e. The Morgan fingerprint density at radius 3 is 2.41 bits per heavy atom. The van der Waals surface area contributed by atoms with Crippen molar-refractivity contribution in [1.82, 2.24) is 10.3 Å². The molecule has 2 rings (SSSR count). The molecule has 4 nitrogen and oxygen atoms in total. The van der Waals surface area contributed by atoms with Crippen molar-refractivity contribution in [3.05, 3.63) is 95.9 Å². The zero-order valence-corrected chi connectivity index (χ0v) is 17.6. The fourth-order valence-corrected chi connectivity index (χ4v) is 2.87. The number of carbonyl (C=O) groups excluding carboxylic acids is 1. The van der Waals surface area contributed by atoms with E-state index in [0.29, 0.717) is 5.71 Å². The van der Waals surface area contributed by atoms with E-state index in [2.05, 4.69) is 22.2 Å². The lowest BCUT2D eigenvalue weighted by Crippen LogP contribution is -2.33. The molecular weight excluding hydrogens is 358 g/mol. The number of nitrogens with zero attached hydrogens (tertiary/aromatic N) is 2. The van der Waals surface area contributed by atoms with E-state index >= 15 is 0 Å². The van der Waals surface area contributed by atoms with Crippen molar-refractivity contribution >= 4 is 17.3 Å². The monoisotopic (exact) mass is 387 g/mol. The van der Waals surface area contributed by atoms with Crippen LogP contribution >= 0.6 is 0 Å². The molecule has 0 bridgehead atoms. The highest BCUT2D eigenvalue weighted by Gasteiger charge is 2.15. The fourth-order valence-electron chi connectivity index (χ4n) is 2.87. The van der Waals surface area contributed by atoms with E-state index in [4.69, 9.17) is 0 Å². The molecule has 0 saturated heterocycles. The van der Waals surface area contributed by atoms with E-state index in [0.717, 1.165) is 28.8 Å². The molecule has 1 unspecified atom stereocenters. The van der Waals surface area contributed by atoms with Gasteiger partial charge in [0.05, 0.1) is 11.7 Å². The topological polar surface area (TPSA) is 54.4 Å².